The molecule has 0 saturated heterocycles. The summed E-state index contributed by atoms with van der Waals surface area (Å²) >= 11 is 3.40. The van der Waals surface area contributed by atoms with Crippen molar-refractivity contribution in [2.75, 3.05) is 0 Å². The van der Waals surface area contributed by atoms with Gasteiger partial charge in [-0.2, -0.15) is 0 Å². The number of para-hydroxylation sites is 1. The third kappa shape index (κ3) is 3.27. The largest absolute Gasteiger partial charge is 0.425 e. The highest BCUT2D eigenvalue weighted by atomic mass is 79.9. The summed E-state index contributed by atoms with van der Waals surface area (Å²) in [6.07, 6.45) is 0. The summed E-state index contributed by atoms with van der Waals surface area (Å²) < 4.78 is 33.2. The first-order chi connectivity index (χ1) is 13.4. The van der Waals surface area contributed by atoms with Gasteiger partial charge in [0, 0.05) is 16.0 Å². The fraction of sp³-hybridized carbons (Fsp3) is 0.136. The Morgan fingerprint density at radius 3 is 2.21 bits per heavy atom. The van der Waals surface area contributed by atoms with Crippen LogP contribution in [0.15, 0.2) is 82.2 Å². The molecule has 1 aliphatic rings. The van der Waals surface area contributed by atoms with E-state index in [0.29, 0.717) is 11.3 Å². The van der Waals surface area contributed by atoms with Crippen molar-refractivity contribution < 1.29 is 17.9 Å². The first-order valence-electron chi connectivity index (χ1n) is 8.74. The fourth-order valence-corrected chi connectivity index (χ4v) is 5.54. The van der Waals surface area contributed by atoms with E-state index in [9.17, 15) is 13.2 Å². The standard InChI is InChI=1S/C22H17BrO4S/c1-14-6-12-17(13-7-14)28(25,26)21-20(15-8-10-16(23)11-9-15)18-4-2-3-5-19(18)27-22(21)24/h2-13,20-21H,1H3. The van der Waals surface area contributed by atoms with Crippen molar-refractivity contribution in [3.8, 4) is 5.75 Å². The van der Waals surface area contributed by atoms with Crippen LogP contribution in [0.4, 0.5) is 0 Å². The van der Waals surface area contributed by atoms with Gasteiger partial charge in [0.05, 0.1) is 4.90 Å². The molecule has 0 bridgehead atoms. The zero-order chi connectivity index (χ0) is 19.9. The third-order valence-electron chi connectivity index (χ3n) is 4.91. The number of halogens is 1. The SMILES string of the molecule is Cc1ccc(S(=O)(=O)C2C(=O)Oc3ccccc3C2c2ccc(Br)cc2)cc1. The maximum absolute atomic E-state index is 13.5. The molecule has 0 N–H and O–H groups in total. The van der Waals surface area contributed by atoms with Gasteiger partial charge in [-0.05, 0) is 42.8 Å². The Morgan fingerprint density at radius 1 is 0.893 bits per heavy atom. The summed E-state index contributed by atoms with van der Waals surface area (Å²) in [7, 11) is -3.96. The highest BCUT2D eigenvalue weighted by molar-refractivity contribution is 9.10. The van der Waals surface area contributed by atoms with Crippen LogP contribution in [-0.2, 0) is 14.6 Å². The molecule has 6 heteroatoms. The number of sulfone groups is 1. The highest BCUT2D eigenvalue weighted by Gasteiger charge is 2.47. The summed E-state index contributed by atoms with van der Waals surface area (Å²) in [6, 6.07) is 21.0. The van der Waals surface area contributed by atoms with Gasteiger partial charge in [-0.15, -0.1) is 0 Å². The van der Waals surface area contributed by atoms with Crippen LogP contribution >= 0.6 is 15.9 Å². The molecule has 0 fully saturated rings. The van der Waals surface area contributed by atoms with Crippen molar-refractivity contribution in [2.24, 2.45) is 0 Å². The second-order valence-electron chi connectivity index (χ2n) is 6.77. The van der Waals surface area contributed by atoms with Crippen LogP contribution in [0, 0.1) is 6.92 Å². The summed E-state index contributed by atoms with van der Waals surface area (Å²) in [5, 5.41) is -1.36. The second-order valence-corrected chi connectivity index (χ2v) is 9.75. The average Bonchev–Trinajstić information content (AvgIpc) is 2.68. The predicted octanol–water partition coefficient (Wildman–Crippen LogP) is 4.65. The molecule has 3 aromatic carbocycles. The molecule has 4 rings (SSSR count). The first-order valence-corrected chi connectivity index (χ1v) is 11.1. The van der Waals surface area contributed by atoms with Crippen LogP contribution in [0.5, 0.6) is 5.75 Å². The Kier molecular flexibility index (Phi) is 4.85. The van der Waals surface area contributed by atoms with Gasteiger partial charge in [-0.3, -0.25) is 4.79 Å². The zero-order valence-corrected chi connectivity index (χ0v) is 17.4. The van der Waals surface area contributed by atoms with Gasteiger partial charge < -0.3 is 4.74 Å². The molecular weight excluding hydrogens is 440 g/mol. The maximum atomic E-state index is 13.5. The Balaban J connectivity index is 1.92. The molecule has 142 valence electrons. The van der Waals surface area contributed by atoms with Crippen molar-refractivity contribution in [3.63, 3.8) is 0 Å². The van der Waals surface area contributed by atoms with Crippen molar-refractivity contribution in [1.82, 2.24) is 0 Å². The molecule has 1 heterocycles. The molecule has 28 heavy (non-hydrogen) atoms. The molecular formula is C22H17BrO4S. The predicted molar refractivity (Wildman–Crippen MR) is 110 cm³/mol. The lowest BCUT2D eigenvalue weighted by molar-refractivity contribution is -0.135. The van der Waals surface area contributed by atoms with Gasteiger partial charge in [-0.1, -0.05) is 64.0 Å². The summed E-state index contributed by atoms with van der Waals surface area (Å²) in [4.78, 5) is 13.0. The first kappa shape index (κ1) is 18.9. The number of fused-ring (bicyclic) bond motifs is 1. The van der Waals surface area contributed by atoms with Gasteiger partial charge in [0.2, 0.25) is 0 Å². The van der Waals surface area contributed by atoms with Crippen molar-refractivity contribution in [1.29, 1.82) is 0 Å². The maximum Gasteiger partial charge on any atom is 0.331 e. The van der Waals surface area contributed by atoms with Crippen molar-refractivity contribution in [2.45, 2.75) is 23.0 Å². The lowest BCUT2D eigenvalue weighted by atomic mass is 9.86. The number of benzene rings is 3. The molecule has 0 saturated carbocycles. The summed E-state index contributed by atoms with van der Waals surface area (Å²) in [5.74, 6) is -1.01. The van der Waals surface area contributed by atoms with Gasteiger partial charge in [-0.25, -0.2) is 8.42 Å². The number of ether oxygens (including phenoxy) is 1. The topological polar surface area (TPSA) is 60.4 Å². The number of hydrogen-bond donors (Lipinski definition) is 0. The van der Waals surface area contributed by atoms with Crippen LogP contribution in [0.1, 0.15) is 22.6 Å². The lowest BCUT2D eigenvalue weighted by Gasteiger charge is -2.32. The lowest BCUT2D eigenvalue weighted by Crippen LogP contribution is -2.42. The minimum atomic E-state index is -3.96. The Bertz CT molecular complexity index is 1140. The normalized spacial score (nSPS) is 19.0. The third-order valence-corrected chi connectivity index (χ3v) is 7.50. The van der Waals surface area contributed by atoms with E-state index < -0.39 is 27.0 Å². The molecule has 1 aliphatic heterocycles. The number of aryl methyl sites for hydroxylation is 1. The molecule has 4 nitrogen and oxygen atoms in total. The van der Waals surface area contributed by atoms with E-state index in [1.165, 1.54) is 12.1 Å². The van der Waals surface area contributed by atoms with Gasteiger partial charge in [0.25, 0.3) is 0 Å². The second kappa shape index (κ2) is 7.18. The van der Waals surface area contributed by atoms with Crippen LogP contribution in [0.3, 0.4) is 0 Å². The van der Waals surface area contributed by atoms with Crippen LogP contribution in [-0.4, -0.2) is 19.6 Å². The van der Waals surface area contributed by atoms with E-state index in [1.54, 1.807) is 24.3 Å². The van der Waals surface area contributed by atoms with Crippen molar-refractivity contribution in [3.05, 3.63) is 94.0 Å². The molecule has 0 amide bonds. The van der Waals surface area contributed by atoms with Crippen LogP contribution < -0.4 is 4.74 Å². The van der Waals surface area contributed by atoms with Crippen LogP contribution in [0.2, 0.25) is 0 Å². The van der Waals surface area contributed by atoms with Gasteiger partial charge in [0.1, 0.15) is 5.75 Å². The number of hydrogen-bond acceptors (Lipinski definition) is 4. The van der Waals surface area contributed by atoms with E-state index in [2.05, 4.69) is 15.9 Å². The Hall–Kier alpha value is -2.44. The molecule has 3 aromatic rings. The number of esters is 1. The van der Waals surface area contributed by atoms with Crippen molar-refractivity contribution >= 4 is 31.7 Å². The summed E-state index contributed by atoms with van der Waals surface area (Å²) in [5.41, 5.74) is 2.37. The smallest absolute Gasteiger partial charge is 0.331 e. The molecule has 2 unspecified atom stereocenters. The monoisotopic (exact) mass is 456 g/mol. The van der Waals surface area contributed by atoms with E-state index in [0.717, 1.165) is 15.6 Å². The minimum Gasteiger partial charge on any atom is -0.425 e. The minimum absolute atomic E-state index is 0.113. The van der Waals surface area contributed by atoms with Gasteiger partial charge in [0.15, 0.2) is 15.1 Å². The zero-order valence-electron chi connectivity index (χ0n) is 15.0. The fourth-order valence-electron chi connectivity index (χ4n) is 3.50. The number of carbonyl (C=O) groups is 1. The van der Waals surface area contributed by atoms with Crippen LogP contribution in [0.25, 0.3) is 0 Å². The molecule has 0 spiro atoms. The number of carbonyl (C=O) groups excluding carboxylic acids is 1. The highest BCUT2D eigenvalue weighted by Crippen LogP contribution is 2.43. The van der Waals surface area contributed by atoms with E-state index in [-0.39, 0.29) is 4.90 Å². The summed E-state index contributed by atoms with van der Waals surface area (Å²) in [6.45, 7) is 1.88. The molecule has 2 atom stereocenters. The Labute approximate surface area is 172 Å². The molecule has 0 radical (unpaired) electrons. The van der Waals surface area contributed by atoms with E-state index in [4.69, 9.17) is 4.74 Å². The molecule has 0 aromatic heterocycles. The number of rotatable bonds is 3. The van der Waals surface area contributed by atoms with Gasteiger partial charge >= 0.3 is 5.97 Å². The van der Waals surface area contributed by atoms with E-state index >= 15 is 0 Å². The average molecular weight is 457 g/mol. The Morgan fingerprint density at radius 2 is 1.54 bits per heavy atom. The quantitative estimate of drug-likeness (QED) is 0.425. The molecule has 0 aliphatic carbocycles. The van der Waals surface area contributed by atoms with E-state index in [1.807, 2.05) is 43.3 Å².